The fourth-order valence-electron chi connectivity index (χ4n) is 1.73. The molecular weight excluding hydrogens is 258 g/mol. The van der Waals surface area contributed by atoms with Crippen LogP contribution < -0.4 is 14.9 Å². The van der Waals surface area contributed by atoms with Gasteiger partial charge in [-0.1, -0.05) is 0 Å². The summed E-state index contributed by atoms with van der Waals surface area (Å²) < 4.78 is 10.5. The predicted molar refractivity (Wildman–Crippen MR) is 71.9 cm³/mol. The molecule has 6 heteroatoms. The second-order valence-electron chi connectivity index (χ2n) is 4.05. The van der Waals surface area contributed by atoms with Gasteiger partial charge in [-0.15, -0.1) is 0 Å². The largest absolute Gasteiger partial charge is 0.454 e. The first kappa shape index (κ1) is 12.2. The maximum Gasteiger partial charge on any atom is 0.271 e. The lowest BCUT2D eigenvalue weighted by atomic mass is 10.2. The number of nitrogens with zero attached hydrogens (tertiary/aromatic N) is 2. The van der Waals surface area contributed by atoms with Crippen molar-refractivity contribution in [2.24, 2.45) is 5.10 Å². The molecule has 0 spiro atoms. The lowest BCUT2D eigenvalue weighted by molar-refractivity contribution is 0.0955. The molecule has 0 atom stereocenters. The van der Waals surface area contributed by atoms with Crippen LogP contribution in [0.5, 0.6) is 11.5 Å². The quantitative estimate of drug-likeness (QED) is 0.678. The van der Waals surface area contributed by atoms with E-state index in [2.05, 4.69) is 15.5 Å². The van der Waals surface area contributed by atoms with Crippen molar-refractivity contribution in [3.63, 3.8) is 0 Å². The average molecular weight is 269 g/mol. The zero-order valence-electron chi connectivity index (χ0n) is 10.4. The third-order valence-corrected chi connectivity index (χ3v) is 2.72. The smallest absolute Gasteiger partial charge is 0.271 e. The zero-order chi connectivity index (χ0) is 13.8. The van der Waals surface area contributed by atoms with Gasteiger partial charge in [-0.2, -0.15) is 5.10 Å². The monoisotopic (exact) mass is 269 g/mol. The summed E-state index contributed by atoms with van der Waals surface area (Å²) in [7, 11) is 0. The molecule has 2 aromatic rings. The number of hydrogen-bond donors (Lipinski definition) is 1. The molecule has 0 saturated heterocycles. The first-order valence-corrected chi connectivity index (χ1v) is 5.96. The number of carbonyl (C=O) groups is 1. The molecule has 1 amide bonds. The Kier molecular flexibility index (Phi) is 3.28. The number of carbonyl (C=O) groups excluding carboxylic acids is 1. The molecule has 1 N–H and O–H groups in total. The minimum absolute atomic E-state index is 0.231. The number of nitrogens with one attached hydrogen (secondary N) is 1. The van der Waals surface area contributed by atoms with E-state index < -0.39 is 0 Å². The summed E-state index contributed by atoms with van der Waals surface area (Å²) in [6.45, 7) is 0.231. The first-order chi connectivity index (χ1) is 9.83. The van der Waals surface area contributed by atoms with Crippen molar-refractivity contribution in [1.82, 2.24) is 10.4 Å². The molecule has 1 aliphatic heterocycles. The number of pyridine rings is 1. The molecule has 100 valence electrons. The van der Waals surface area contributed by atoms with Crippen LogP contribution in [0, 0.1) is 0 Å². The van der Waals surface area contributed by atoms with Gasteiger partial charge in [0.05, 0.1) is 6.21 Å². The predicted octanol–water partition coefficient (Wildman–Crippen LogP) is 1.57. The molecule has 3 rings (SSSR count). The van der Waals surface area contributed by atoms with Crippen molar-refractivity contribution in [2.45, 2.75) is 0 Å². The van der Waals surface area contributed by atoms with Crippen LogP contribution in [0.4, 0.5) is 0 Å². The highest BCUT2D eigenvalue weighted by molar-refractivity contribution is 5.94. The molecule has 20 heavy (non-hydrogen) atoms. The molecule has 6 nitrogen and oxygen atoms in total. The Morgan fingerprint density at radius 3 is 2.85 bits per heavy atom. The maximum atomic E-state index is 11.7. The molecule has 1 aromatic heterocycles. The molecule has 0 bridgehead atoms. The Bertz CT molecular complexity index is 656. The Labute approximate surface area is 115 Å². The molecule has 0 saturated carbocycles. The number of hydrogen-bond acceptors (Lipinski definition) is 5. The van der Waals surface area contributed by atoms with E-state index in [1.54, 1.807) is 42.9 Å². The van der Waals surface area contributed by atoms with E-state index in [0.717, 1.165) is 5.56 Å². The van der Waals surface area contributed by atoms with E-state index in [1.165, 1.54) is 0 Å². The SMILES string of the molecule is O=C(N/N=C/c1ccc2c(c1)OCO2)c1ccncc1. The van der Waals surface area contributed by atoms with Crippen LogP contribution in [-0.4, -0.2) is 23.9 Å². The second kappa shape index (κ2) is 5.40. The van der Waals surface area contributed by atoms with E-state index >= 15 is 0 Å². The number of hydrazone groups is 1. The molecule has 1 aromatic carbocycles. The van der Waals surface area contributed by atoms with E-state index in [-0.39, 0.29) is 12.7 Å². The number of fused-ring (bicyclic) bond motifs is 1. The van der Waals surface area contributed by atoms with Crippen LogP contribution in [-0.2, 0) is 0 Å². The molecule has 0 aliphatic carbocycles. The highest BCUT2D eigenvalue weighted by atomic mass is 16.7. The van der Waals surface area contributed by atoms with Crippen LogP contribution in [0.1, 0.15) is 15.9 Å². The van der Waals surface area contributed by atoms with Gasteiger partial charge in [-0.05, 0) is 35.9 Å². The van der Waals surface area contributed by atoms with Gasteiger partial charge in [0.25, 0.3) is 5.91 Å². The Hall–Kier alpha value is -2.89. The molecular formula is C14H11N3O3. The number of rotatable bonds is 3. The highest BCUT2D eigenvalue weighted by Crippen LogP contribution is 2.31. The Balaban J connectivity index is 1.65. The van der Waals surface area contributed by atoms with Crippen LogP contribution in [0.2, 0.25) is 0 Å². The summed E-state index contributed by atoms with van der Waals surface area (Å²) in [4.78, 5) is 15.6. The summed E-state index contributed by atoms with van der Waals surface area (Å²) in [5, 5.41) is 3.90. The first-order valence-electron chi connectivity index (χ1n) is 5.96. The van der Waals surface area contributed by atoms with Gasteiger partial charge in [0, 0.05) is 18.0 Å². The van der Waals surface area contributed by atoms with E-state index in [9.17, 15) is 4.79 Å². The van der Waals surface area contributed by atoms with Gasteiger partial charge in [0.2, 0.25) is 6.79 Å². The van der Waals surface area contributed by atoms with Crippen LogP contribution in [0.25, 0.3) is 0 Å². The van der Waals surface area contributed by atoms with Gasteiger partial charge in [0.1, 0.15) is 0 Å². The summed E-state index contributed by atoms with van der Waals surface area (Å²) >= 11 is 0. The third-order valence-electron chi connectivity index (χ3n) is 2.72. The lowest BCUT2D eigenvalue weighted by Crippen LogP contribution is -2.17. The van der Waals surface area contributed by atoms with Crippen LogP contribution in [0.15, 0.2) is 47.8 Å². The van der Waals surface area contributed by atoms with Gasteiger partial charge >= 0.3 is 0 Å². The number of aromatic nitrogens is 1. The maximum absolute atomic E-state index is 11.7. The fourth-order valence-corrected chi connectivity index (χ4v) is 1.73. The second-order valence-corrected chi connectivity index (χ2v) is 4.05. The van der Waals surface area contributed by atoms with Gasteiger partial charge in [-0.3, -0.25) is 9.78 Å². The van der Waals surface area contributed by atoms with E-state index in [1.807, 2.05) is 6.07 Å². The van der Waals surface area contributed by atoms with Crippen molar-refractivity contribution < 1.29 is 14.3 Å². The minimum atomic E-state index is -0.288. The minimum Gasteiger partial charge on any atom is -0.454 e. The van der Waals surface area contributed by atoms with Crippen molar-refractivity contribution in [3.05, 3.63) is 53.9 Å². The van der Waals surface area contributed by atoms with Gasteiger partial charge in [0.15, 0.2) is 11.5 Å². The van der Waals surface area contributed by atoms with Crippen LogP contribution >= 0.6 is 0 Å². The number of amides is 1. The lowest BCUT2D eigenvalue weighted by Gasteiger charge is -1.99. The summed E-state index contributed by atoms with van der Waals surface area (Å²) in [6.07, 6.45) is 4.65. The summed E-state index contributed by atoms with van der Waals surface area (Å²) in [6, 6.07) is 8.66. The van der Waals surface area contributed by atoms with Crippen molar-refractivity contribution in [2.75, 3.05) is 6.79 Å². The normalized spacial score (nSPS) is 12.6. The van der Waals surface area contributed by atoms with Crippen LogP contribution in [0.3, 0.4) is 0 Å². The molecule has 2 heterocycles. The van der Waals surface area contributed by atoms with E-state index in [4.69, 9.17) is 9.47 Å². The molecule has 0 fully saturated rings. The molecule has 0 radical (unpaired) electrons. The Morgan fingerprint density at radius 2 is 2.00 bits per heavy atom. The molecule has 0 unspecified atom stereocenters. The average Bonchev–Trinajstić information content (AvgIpc) is 2.95. The van der Waals surface area contributed by atoms with Crippen molar-refractivity contribution >= 4 is 12.1 Å². The summed E-state index contributed by atoms with van der Waals surface area (Å²) in [5.41, 5.74) is 3.76. The highest BCUT2D eigenvalue weighted by Gasteiger charge is 2.12. The standard InChI is InChI=1S/C14H11N3O3/c18-14(11-3-5-15-6-4-11)17-16-8-10-1-2-12-13(7-10)20-9-19-12/h1-8H,9H2,(H,17,18)/b16-8+. The third kappa shape index (κ3) is 2.59. The van der Waals surface area contributed by atoms with E-state index in [0.29, 0.717) is 17.1 Å². The number of benzene rings is 1. The Morgan fingerprint density at radius 1 is 1.20 bits per heavy atom. The van der Waals surface area contributed by atoms with Crippen molar-refractivity contribution in [3.8, 4) is 11.5 Å². The van der Waals surface area contributed by atoms with Gasteiger partial charge < -0.3 is 9.47 Å². The topological polar surface area (TPSA) is 72.8 Å². The molecule has 1 aliphatic rings. The van der Waals surface area contributed by atoms with Gasteiger partial charge in [-0.25, -0.2) is 5.43 Å². The summed E-state index contributed by atoms with van der Waals surface area (Å²) in [5.74, 6) is 1.10. The van der Waals surface area contributed by atoms with Crippen molar-refractivity contribution in [1.29, 1.82) is 0 Å². The zero-order valence-corrected chi connectivity index (χ0v) is 10.4. The fraction of sp³-hybridized carbons (Fsp3) is 0.0714. The number of ether oxygens (including phenoxy) is 2.